The van der Waals surface area contributed by atoms with Crippen molar-refractivity contribution in [3.05, 3.63) is 15.8 Å². The standard InChI is InChI=1S/C13H22N2O4S2/c1-5-15(6-2)8-9(3)14-21(18,19)12-7-11(13(16)17)20-10(12)4/h7,9,14H,5-6,8H2,1-4H3,(H,16,17). The van der Waals surface area contributed by atoms with E-state index in [1.165, 1.54) is 6.07 Å². The van der Waals surface area contributed by atoms with E-state index in [0.29, 0.717) is 11.4 Å². The number of carboxylic acids is 1. The Morgan fingerprint density at radius 3 is 2.43 bits per heavy atom. The number of carboxylic acid groups (broad SMARTS) is 1. The number of likely N-dealkylation sites (N-methyl/N-ethyl adjacent to an activating group) is 1. The molecule has 2 N–H and O–H groups in total. The molecule has 0 aromatic carbocycles. The van der Waals surface area contributed by atoms with Crippen molar-refractivity contribution in [3.63, 3.8) is 0 Å². The van der Waals surface area contributed by atoms with Gasteiger partial charge in [0.05, 0.1) is 4.90 Å². The van der Waals surface area contributed by atoms with E-state index in [-0.39, 0.29) is 15.8 Å². The van der Waals surface area contributed by atoms with Gasteiger partial charge in [0, 0.05) is 17.5 Å². The van der Waals surface area contributed by atoms with Crippen LogP contribution in [0.4, 0.5) is 0 Å². The first-order chi connectivity index (χ1) is 9.71. The molecule has 0 saturated carbocycles. The number of carbonyl (C=O) groups is 1. The van der Waals surface area contributed by atoms with Gasteiger partial charge in [-0.2, -0.15) is 0 Å². The van der Waals surface area contributed by atoms with Gasteiger partial charge >= 0.3 is 5.97 Å². The fraction of sp³-hybridized carbons (Fsp3) is 0.615. The molecule has 8 heteroatoms. The van der Waals surface area contributed by atoms with Crippen LogP contribution in [0.15, 0.2) is 11.0 Å². The summed E-state index contributed by atoms with van der Waals surface area (Å²) in [6, 6.07) is 0.969. The maximum atomic E-state index is 12.3. The summed E-state index contributed by atoms with van der Waals surface area (Å²) in [5, 5.41) is 8.94. The van der Waals surface area contributed by atoms with Crippen molar-refractivity contribution in [1.82, 2.24) is 9.62 Å². The molecular formula is C13H22N2O4S2. The second-order valence-electron chi connectivity index (χ2n) is 4.84. The molecule has 0 radical (unpaired) electrons. The average Bonchev–Trinajstić information content (AvgIpc) is 2.78. The van der Waals surface area contributed by atoms with Crippen molar-refractivity contribution in [2.24, 2.45) is 0 Å². The van der Waals surface area contributed by atoms with Crippen molar-refractivity contribution < 1.29 is 18.3 Å². The molecule has 0 fully saturated rings. The van der Waals surface area contributed by atoms with Gasteiger partial charge in [0.2, 0.25) is 10.0 Å². The lowest BCUT2D eigenvalue weighted by Crippen LogP contribution is -2.41. The highest BCUT2D eigenvalue weighted by molar-refractivity contribution is 7.89. The van der Waals surface area contributed by atoms with E-state index in [9.17, 15) is 13.2 Å². The zero-order chi connectivity index (χ0) is 16.2. The highest BCUT2D eigenvalue weighted by atomic mass is 32.2. The number of thiophene rings is 1. The number of hydrogen-bond acceptors (Lipinski definition) is 5. The van der Waals surface area contributed by atoms with Gasteiger partial charge in [0.25, 0.3) is 0 Å². The summed E-state index contributed by atoms with van der Waals surface area (Å²) in [6.07, 6.45) is 0. The van der Waals surface area contributed by atoms with E-state index in [0.717, 1.165) is 24.4 Å². The molecule has 0 saturated heterocycles. The summed E-state index contributed by atoms with van der Waals surface area (Å²) in [4.78, 5) is 13.6. The normalized spacial score (nSPS) is 13.6. The lowest BCUT2D eigenvalue weighted by molar-refractivity contribution is 0.0702. The van der Waals surface area contributed by atoms with E-state index in [1.54, 1.807) is 13.8 Å². The van der Waals surface area contributed by atoms with Crippen LogP contribution in [0.1, 0.15) is 35.3 Å². The van der Waals surface area contributed by atoms with Crippen LogP contribution in [0, 0.1) is 6.92 Å². The van der Waals surface area contributed by atoms with Gasteiger partial charge in [-0.3, -0.25) is 0 Å². The summed E-state index contributed by atoms with van der Waals surface area (Å²) < 4.78 is 27.3. The molecule has 0 aliphatic heterocycles. The molecule has 0 aliphatic carbocycles. The van der Waals surface area contributed by atoms with E-state index >= 15 is 0 Å². The van der Waals surface area contributed by atoms with Crippen LogP contribution in [0.5, 0.6) is 0 Å². The monoisotopic (exact) mass is 334 g/mol. The maximum absolute atomic E-state index is 12.3. The molecule has 1 atom stereocenters. The zero-order valence-corrected chi connectivity index (χ0v) is 14.3. The van der Waals surface area contributed by atoms with Crippen molar-refractivity contribution in [2.75, 3.05) is 19.6 Å². The van der Waals surface area contributed by atoms with Gasteiger partial charge in [0.15, 0.2) is 0 Å². The highest BCUT2D eigenvalue weighted by Crippen LogP contribution is 2.25. The smallest absolute Gasteiger partial charge is 0.345 e. The molecule has 0 bridgehead atoms. The number of nitrogens with one attached hydrogen (secondary N) is 1. The SMILES string of the molecule is CCN(CC)CC(C)NS(=O)(=O)c1cc(C(=O)O)sc1C. The van der Waals surface area contributed by atoms with Crippen LogP contribution in [-0.2, 0) is 10.0 Å². The molecule has 0 amide bonds. The average molecular weight is 334 g/mol. The van der Waals surface area contributed by atoms with Gasteiger partial charge in [0.1, 0.15) is 4.88 Å². The highest BCUT2D eigenvalue weighted by Gasteiger charge is 2.24. The Morgan fingerprint density at radius 1 is 1.43 bits per heavy atom. The van der Waals surface area contributed by atoms with E-state index < -0.39 is 16.0 Å². The molecular weight excluding hydrogens is 312 g/mol. The van der Waals surface area contributed by atoms with E-state index in [2.05, 4.69) is 9.62 Å². The number of rotatable bonds is 8. The number of sulfonamides is 1. The summed E-state index contributed by atoms with van der Waals surface area (Å²) in [7, 11) is -3.69. The molecule has 0 aliphatic rings. The van der Waals surface area contributed by atoms with Crippen LogP contribution in [0.3, 0.4) is 0 Å². The second-order valence-corrected chi connectivity index (χ2v) is 7.78. The molecule has 1 rings (SSSR count). The quantitative estimate of drug-likeness (QED) is 0.756. The Bertz CT molecular complexity index is 591. The van der Waals surface area contributed by atoms with Crippen LogP contribution < -0.4 is 4.72 Å². The van der Waals surface area contributed by atoms with Gasteiger partial charge in [-0.05, 0) is 33.0 Å². The van der Waals surface area contributed by atoms with Crippen molar-refractivity contribution in [3.8, 4) is 0 Å². The predicted octanol–water partition coefficient (Wildman–Crippen LogP) is 1.76. The largest absolute Gasteiger partial charge is 0.477 e. The molecule has 1 heterocycles. The summed E-state index contributed by atoms with van der Waals surface area (Å²) >= 11 is 0.970. The number of aromatic carboxylic acids is 1. The molecule has 0 spiro atoms. The number of aryl methyl sites for hydroxylation is 1. The lowest BCUT2D eigenvalue weighted by Gasteiger charge is -2.23. The second kappa shape index (κ2) is 7.35. The van der Waals surface area contributed by atoms with E-state index in [1.807, 2.05) is 13.8 Å². The molecule has 120 valence electrons. The molecule has 1 unspecified atom stereocenters. The first kappa shape index (κ1) is 18.1. The maximum Gasteiger partial charge on any atom is 0.345 e. The third kappa shape index (κ3) is 4.77. The Hall–Kier alpha value is -0.960. The Balaban J connectivity index is 2.89. The van der Waals surface area contributed by atoms with Gasteiger partial charge in [-0.15, -0.1) is 11.3 Å². The fourth-order valence-electron chi connectivity index (χ4n) is 2.07. The molecule has 1 aromatic heterocycles. The van der Waals surface area contributed by atoms with Gasteiger partial charge < -0.3 is 10.0 Å². The third-order valence-electron chi connectivity index (χ3n) is 3.16. The fourth-order valence-corrected chi connectivity index (χ4v) is 4.74. The number of hydrogen-bond donors (Lipinski definition) is 2. The Morgan fingerprint density at radius 2 is 2.00 bits per heavy atom. The third-order valence-corrected chi connectivity index (χ3v) is 6.04. The van der Waals surface area contributed by atoms with Crippen LogP contribution >= 0.6 is 11.3 Å². The Kier molecular flexibility index (Phi) is 6.33. The minimum atomic E-state index is -3.69. The van der Waals surface area contributed by atoms with Crippen molar-refractivity contribution in [2.45, 2.75) is 38.6 Å². The predicted molar refractivity (Wildman–Crippen MR) is 83.6 cm³/mol. The van der Waals surface area contributed by atoms with E-state index in [4.69, 9.17) is 5.11 Å². The van der Waals surface area contributed by atoms with Crippen molar-refractivity contribution in [1.29, 1.82) is 0 Å². The Labute approximate surface area is 129 Å². The molecule has 21 heavy (non-hydrogen) atoms. The first-order valence-electron chi connectivity index (χ1n) is 6.79. The summed E-state index contributed by atoms with van der Waals surface area (Å²) in [6.45, 7) is 9.77. The minimum Gasteiger partial charge on any atom is -0.477 e. The van der Waals surface area contributed by atoms with Crippen molar-refractivity contribution >= 4 is 27.3 Å². The lowest BCUT2D eigenvalue weighted by atomic mass is 10.3. The number of nitrogens with zero attached hydrogens (tertiary/aromatic N) is 1. The summed E-state index contributed by atoms with van der Waals surface area (Å²) in [5.74, 6) is -1.11. The molecule has 1 aromatic rings. The van der Waals surface area contributed by atoms with Gasteiger partial charge in [-0.25, -0.2) is 17.9 Å². The first-order valence-corrected chi connectivity index (χ1v) is 9.09. The summed E-state index contributed by atoms with van der Waals surface area (Å²) in [5.41, 5.74) is 0. The minimum absolute atomic E-state index is 0.0317. The molecule has 6 nitrogen and oxygen atoms in total. The van der Waals surface area contributed by atoms with Crippen LogP contribution in [0.25, 0.3) is 0 Å². The van der Waals surface area contributed by atoms with Crippen LogP contribution in [-0.4, -0.2) is 50.1 Å². The van der Waals surface area contributed by atoms with Crippen LogP contribution in [0.2, 0.25) is 0 Å². The topological polar surface area (TPSA) is 86.7 Å². The zero-order valence-electron chi connectivity index (χ0n) is 12.7. The van der Waals surface area contributed by atoms with Gasteiger partial charge in [-0.1, -0.05) is 13.8 Å².